The second-order valence-electron chi connectivity index (χ2n) is 2.60. The lowest BCUT2D eigenvalue weighted by Crippen LogP contribution is -1.78. The highest BCUT2D eigenvalue weighted by atomic mass is 13.8. The van der Waals surface area contributed by atoms with Crippen LogP contribution in [0.2, 0.25) is 13.1 Å². The van der Waals surface area contributed by atoms with Gasteiger partial charge in [0.1, 0.15) is 7.28 Å². The SMILES string of the molecule is C[B]CCCC=CCCC. The van der Waals surface area contributed by atoms with Gasteiger partial charge in [-0.25, -0.2) is 0 Å². The second-order valence-corrected chi connectivity index (χ2v) is 2.60. The molecule has 0 aromatic heterocycles. The van der Waals surface area contributed by atoms with E-state index in [0.717, 1.165) is 0 Å². The molecule has 0 saturated carbocycles. The first-order valence-corrected chi connectivity index (χ1v) is 4.34. The fourth-order valence-electron chi connectivity index (χ4n) is 0.842. The summed E-state index contributed by atoms with van der Waals surface area (Å²) >= 11 is 0. The van der Waals surface area contributed by atoms with Crippen LogP contribution in [0.5, 0.6) is 0 Å². The van der Waals surface area contributed by atoms with E-state index >= 15 is 0 Å². The third-order valence-electron chi connectivity index (χ3n) is 1.49. The molecule has 0 aliphatic carbocycles. The van der Waals surface area contributed by atoms with Crippen molar-refractivity contribution in [3.8, 4) is 0 Å². The summed E-state index contributed by atoms with van der Waals surface area (Å²) in [6, 6.07) is 0. The van der Waals surface area contributed by atoms with E-state index in [-0.39, 0.29) is 0 Å². The summed E-state index contributed by atoms with van der Waals surface area (Å²) in [4.78, 5) is 0. The molecule has 0 heterocycles. The predicted octanol–water partition coefficient (Wildman–Crippen LogP) is 3.29. The Labute approximate surface area is 66.0 Å². The molecule has 0 aromatic rings. The zero-order valence-electron chi connectivity index (χ0n) is 7.27. The van der Waals surface area contributed by atoms with Crippen molar-refractivity contribution in [3.63, 3.8) is 0 Å². The summed E-state index contributed by atoms with van der Waals surface area (Å²) in [5.41, 5.74) is 0. The summed E-state index contributed by atoms with van der Waals surface area (Å²) in [5.74, 6) is 0. The van der Waals surface area contributed by atoms with E-state index in [4.69, 9.17) is 0 Å². The Morgan fingerprint density at radius 1 is 1.20 bits per heavy atom. The van der Waals surface area contributed by atoms with Crippen molar-refractivity contribution in [3.05, 3.63) is 12.2 Å². The van der Waals surface area contributed by atoms with Crippen molar-refractivity contribution in [1.29, 1.82) is 0 Å². The van der Waals surface area contributed by atoms with Gasteiger partial charge in [-0.05, 0) is 12.8 Å². The maximum absolute atomic E-state index is 2.30. The van der Waals surface area contributed by atoms with Gasteiger partial charge in [-0.1, -0.05) is 45.1 Å². The number of rotatable bonds is 6. The van der Waals surface area contributed by atoms with Crippen molar-refractivity contribution in [2.45, 2.75) is 45.8 Å². The standard InChI is InChI=1S/C9H18B/c1-3-4-5-6-7-8-9-10-2/h5-6H,3-4,7-9H2,1-2H3. The molecule has 0 nitrogen and oxygen atoms in total. The van der Waals surface area contributed by atoms with Gasteiger partial charge in [0.25, 0.3) is 0 Å². The molecule has 1 heteroatoms. The van der Waals surface area contributed by atoms with E-state index in [9.17, 15) is 0 Å². The minimum absolute atomic E-state index is 1.25. The summed E-state index contributed by atoms with van der Waals surface area (Å²) in [7, 11) is 2.23. The molecule has 0 rings (SSSR count). The highest BCUT2D eigenvalue weighted by Gasteiger charge is 1.81. The summed E-state index contributed by atoms with van der Waals surface area (Å²) in [6.07, 6.45) is 10.9. The van der Waals surface area contributed by atoms with Gasteiger partial charge in [0.15, 0.2) is 0 Å². The molecular formula is C9H18B. The van der Waals surface area contributed by atoms with Gasteiger partial charge in [0.2, 0.25) is 0 Å². The van der Waals surface area contributed by atoms with Crippen molar-refractivity contribution in [2.24, 2.45) is 0 Å². The van der Waals surface area contributed by atoms with Gasteiger partial charge < -0.3 is 0 Å². The minimum atomic E-state index is 1.25. The first-order valence-electron chi connectivity index (χ1n) is 4.34. The number of hydrogen-bond donors (Lipinski definition) is 0. The van der Waals surface area contributed by atoms with Crippen LogP contribution < -0.4 is 0 Å². The first-order chi connectivity index (χ1) is 4.91. The Bertz CT molecular complexity index is 76.8. The summed E-state index contributed by atoms with van der Waals surface area (Å²) < 4.78 is 0. The normalized spacial score (nSPS) is 10.6. The monoisotopic (exact) mass is 137 g/mol. The van der Waals surface area contributed by atoms with Crippen LogP contribution >= 0.6 is 0 Å². The van der Waals surface area contributed by atoms with Crippen molar-refractivity contribution >= 4 is 7.28 Å². The molecule has 0 aliphatic heterocycles. The molecule has 0 atom stereocenters. The van der Waals surface area contributed by atoms with Crippen LogP contribution in [0.15, 0.2) is 12.2 Å². The molecule has 0 N–H and O–H groups in total. The van der Waals surface area contributed by atoms with E-state index in [2.05, 4.69) is 33.2 Å². The van der Waals surface area contributed by atoms with E-state index in [1.165, 1.54) is 32.0 Å². The van der Waals surface area contributed by atoms with Gasteiger partial charge in [-0.3, -0.25) is 0 Å². The maximum Gasteiger partial charge on any atom is 0.105 e. The van der Waals surface area contributed by atoms with Crippen LogP contribution in [0.1, 0.15) is 32.6 Å². The Morgan fingerprint density at radius 3 is 2.50 bits per heavy atom. The molecule has 0 spiro atoms. The van der Waals surface area contributed by atoms with Gasteiger partial charge in [0, 0.05) is 0 Å². The zero-order chi connectivity index (χ0) is 7.66. The molecule has 1 radical (unpaired) electrons. The van der Waals surface area contributed by atoms with Gasteiger partial charge >= 0.3 is 0 Å². The lowest BCUT2D eigenvalue weighted by Gasteiger charge is -1.89. The van der Waals surface area contributed by atoms with E-state index < -0.39 is 0 Å². The number of unbranched alkanes of at least 4 members (excludes halogenated alkanes) is 2. The Balaban J connectivity index is 2.88. The topological polar surface area (TPSA) is 0 Å². The maximum atomic E-state index is 2.30. The van der Waals surface area contributed by atoms with Crippen LogP contribution in [-0.4, -0.2) is 7.28 Å². The van der Waals surface area contributed by atoms with Crippen LogP contribution in [0.25, 0.3) is 0 Å². The molecule has 10 heavy (non-hydrogen) atoms. The van der Waals surface area contributed by atoms with E-state index in [1.807, 2.05) is 0 Å². The molecule has 0 fully saturated rings. The summed E-state index contributed by atoms with van der Waals surface area (Å²) in [5, 5.41) is 0. The Hall–Kier alpha value is -0.195. The fraction of sp³-hybridized carbons (Fsp3) is 0.778. The van der Waals surface area contributed by atoms with Crippen LogP contribution in [0.3, 0.4) is 0 Å². The average molecular weight is 137 g/mol. The summed E-state index contributed by atoms with van der Waals surface area (Å²) in [6.45, 7) is 4.33. The molecule has 57 valence electrons. The van der Waals surface area contributed by atoms with Crippen molar-refractivity contribution in [1.82, 2.24) is 0 Å². The highest BCUT2D eigenvalue weighted by molar-refractivity contribution is 6.33. The molecular weight excluding hydrogens is 119 g/mol. The quantitative estimate of drug-likeness (QED) is 0.299. The molecule has 0 aliphatic rings. The fourth-order valence-corrected chi connectivity index (χ4v) is 0.842. The van der Waals surface area contributed by atoms with Gasteiger partial charge in [-0.2, -0.15) is 0 Å². The largest absolute Gasteiger partial charge is 0.105 e. The molecule has 0 unspecified atom stereocenters. The molecule has 0 saturated heterocycles. The minimum Gasteiger partial charge on any atom is -0.0920 e. The lowest BCUT2D eigenvalue weighted by molar-refractivity contribution is 0.918. The third-order valence-corrected chi connectivity index (χ3v) is 1.49. The smallest absolute Gasteiger partial charge is 0.0920 e. The van der Waals surface area contributed by atoms with Crippen LogP contribution in [0.4, 0.5) is 0 Å². The highest BCUT2D eigenvalue weighted by Crippen LogP contribution is 1.98. The molecule has 0 bridgehead atoms. The Kier molecular flexibility index (Phi) is 8.63. The lowest BCUT2D eigenvalue weighted by atomic mass is 9.76. The number of hydrogen-bond acceptors (Lipinski definition) is 0. The Morgan fingerprint density at radius 2 is 1.90 bits per heavy atom. The molecule has 0 aromatic carbocycles. The average Bonchev–Trinajstić information content (AvgIpc) is 1.97. The predicted molar refractivity (Wildman–Crippen MR) is 49.7 cm³/mol. The van der Waals surface area contributed by atoms with E-state index in [1.54, 1.807) is 0 Å². The van der Waals surface area contributed by atoms with Gasteiger partial charge in [0.05, 0.1) is 0 Å². The zero-order valence-corrected chi connectivity index (χ0v) is 7.27. The van der Waals surface area contributed by atoms with E-state index in [0.29, 0.717) is 0 Å². The molecule has 0 amide bonds. The van der Waals surface area contributed by atoms with Crippen molar-refractivity contribution in [2.75, 3.05) is 0 Å². The second kappa shape index (κ2) is 8.80. The van der Waals surface area contributed by atoms with Crippen LogP contribution in [0, 0.1) is 0 Å². The van der Waals surface area contributed by atoms with Gasteiger partial charge in [-0.15, -0.1) is 0 Å². The first kappa shape index (κ1) is 9.80. The van der Waals surface area contributed by atoms with Crippen molar-refractivity contribution < 1.29 is 0 Å². The third kappa shape index (κ3) is 7.80. The van der Waals surface area contributed by atoms with Crippen LogP contribution in [-0.2, 0) is 0 Å². The number of allylic oxidation sites excluding steroid dienone is 2.